The van der Waals surface area contributed by atoms with E-state index in [0.717, 1.165) is 10.9 Å². The standard InChI is InChI=1S/C12H24N4OS/c1-9(2)7-10-8-18-11(15-10)13-5-6-14-12(17)16(3)4/h9-10H,5-8H2,1-4H3,(H,13,15)(H,14,17). The topological polar surface area (TPSA) is 56.7 Å². The maximum absolute atomic E-state index is 11.3. The van der Waals surface area contributed by atoms with E-state index in [1.165, 1.54) is 11.3 Å². The molecule has 0 aromatic carbocycles. The summed E-state index contributed by atoms with van der Waals surface area (Å²) in [4.78, 5) is 17.2. The Balaban J connectivity index is 2.18. The van der Waals surface area contributed by atoms with Crippen LogP contribution in [0.4, 0.5) is 4.79 Å². The molecule has 18 heavy (non-hydrogen) atoms. The van der Waals surface area contributed by atoms with E-state index < -0.39 is 0 Å². The summed E-state index contributed by atoms with van der Waals surface area (Å²) in [6.07, 6.45) is 1.18. The number of urea groups is 1. The molecule has 1 heterocycles. The highest BCUT2D eigenvalue weighted by atomic mass is 32.2. The van der Waals surface area contributed by atoms with Gasteiger partial charge in [0.2, 0.25) is 0 Å². The van der Waals surface area contributed by atoms with Gasteiger partial charge in [0.15, 0.2) is 5.17 Å². The van der Waals surface area contributed by atoms with Crippen molar-refractivity contribution in [3.05, 3.63) is 0 Å². The second kappa shape index (κ2) is 7.51. The molecule has 2 amide bonds. The molecule has 0 bridgehead atoms. The normalized spacial score (nSPS) is 21.2. The van der Waals surface area contributed by atoms with Gasteiger partial charge in [-0.25, -0.2) is 4.79 Å². The van der Waals surface area contributed by atoms with Crippen molar-refractivity contribution >= 4 is 23.0 Å². The van der Waals surface area contributed by atoms with Crippen LogP contribution in [0, 0.1) is 5.92 Å². The van der Waals surface area contributed by atoms with Crippen molar-refractivity contribution in [2.75, 3.05) is 32.9 Å². The number of hydrogen-bond acceptors (Lipinski definition) is 3. The van der Waals surface area contributed by atoms with Crippen LogP contribution in [0.3, 0.4) is 0 Å². The molecule has 0 saturated carbocycles. The molecule has 1 rings (SSSR count). The second-order valence-corrected chi connectivity index (χ2v) is 6.10. The maximum Gasteiger partial charge on any atom is 0.316 e. The van der Waals surface area contributed by atoms with Gasteiger partial charge in [0.05, 0.1) is 6.54 Å². The van der Waals surface area contributed by atoms with Gasteiger partial charge in [-0.15, -0.1) is 0 Å². The number of amidine groups is 1. The number of carbonyl (C=O) groups is 1. The Labute approximate surface area is 114 Å². The van der Waals surface area contributed by atoms with E-state index in [2.05, 4.69) is 29.5 Å². The molecule has 2 N–H and O–H groups in total. The Bertz CT molecular complexity index is 304. The minimum Gasteiger partial charge on any atom is -0.361 e. The van der Waals surface area contributed by atoms with Crippen molar-refractivity contribution in [2.24, 2.45) is 10.9 Å². The average molecular weight is 272 g/mol. The summed E-state index contributed by atoms with van der Waals surface area (Å²) in [5.74, 6) is 1.81. The van der Waals surface area contributed by atoms with Crippen LogP contribution in [0.15, 0.2) is 4.99 Å². The molecule has 0 aromatic rings. The molecule has 1 fully saturated rings. The predicted octanol–water partition coefficient (Wildman–Crippen LogP) is 1.36. The van der Waals surface area contributed by atoms with Crippen LogP contribution in [0.25, 0.3) is 0 Å². The van der Waals surface area contributed by atoms with Gasteiger partial charge in [-0.3, -0.25) is 4.99 Å². The van der Waals surface area contributed by atoms with Gasteiger partial charge in [-0.05, 0) is 12.3 Å². The maximum atomic E-state index is 11.3. The zero-order valence-corrected chi connectivity index (χ0v) is 12.5. The van der Waals surface area contributed by atoms with E-state index in [4.69, 9.17) is 0 Å². The van der Waals surface area contributed by atoms with E-state index in [0.29, 0.717) is 25.0 Å². The second-order valence-electron chi connectivity index (χ2n) is 5.10. The van der Waals surface area contributed by atoms with Crippen LogP contribution >= 0.6 is 11.8 Å². The lowest BCUT2D eigenvalue weighted by Gasteiger charge is -2.12. The Morgan fingerprint density at radius 3 is 2.94 bits per heavy atom. The summed E-state index contributed by atoms with van der Waals surface area (Å²) in [5.41, 5.74) is 0. The molecule has 0 radical (unpaired) electrons. The van der Waals surface area contributed by atoms with Crippen molar-refractivity contribution in [3.63, 3.8) is 0 Å². The lowest BCUT2D eigenvalue weighted by atomic mass is 10.1. The van der Waals surface area contributed by atoms with Crippen LogP contribution in [0.2, 0.25) is 0 Å². The van der Waals surface area contributed by atoms with Crippen molar-refractivity contribution in [2.45, 2.75) is 26.3 Å². The van der Waals surface area contributed by atoms with Gasteiger partial charge in [-0.1, -0.05) is 25.6 Å². The zero-order valence-electron chi connectivity index (χ0n) is 11.7. The molecule has 0 aromatic heterocycles. The molecular formula is C12H24N4OS. The van der Waals surface area contributed by atoms with Crippen LogP contribution in [-0.4, -0.2) is 55.1 Å². The van der Waals surface area contributed by atoms with Crippen molar-refractivity contribution < 1.29 is 4.79 Å². The number of rotatable bonds is 5. The first-order valence-corrected chi connectivity index (χ1v) is 7.36. The number of thioether (sulfide) groups is 1. The van der Waals surface area contributed by atoms with E-state index >= 15 is 0 Å². The van der Waals surface area contributed by atoms with Gasteiger partial charge < -0.3 is 15.5 Å². The average Bonchev–Trinajstić information content (AvgIpc) is 2.70. The Hall–Kier alpha value is -0.910. The molecule has 5 nitrogen and oxygen atoms in total. The largest absolute Gasteiger partial charge is 0.361 e. The first kappa shape index (κ1) is 15.1. The minimum atomic E-state index is -0.0695. The number of aliphatic imine (C=N–C) groups is 1. The van der Waals surface area contributed by atoms with Crippen LogP contribution in [0.5, 0.6) is 0 Å². The van der Waals surface area contributed by atoms with Gasteiger partial charge in [0.25, 0.3) is 0 Å². The molecule has 104 valence electrons. The van der Waals surface area contributed by atoms with Crippen molar-refractivity contribution in [3.8, 4) is 0 Å². The molecule has 1 atom stereocenters. The predicted molar refractivity (Wildman–Crippen MR) is 78.2 cm³/mol. The molecular weight excluding hydrogens is 248 g/mol. The first-order chi connectivity index (χ1) is 8.49. The molecule has 1 aliphatic rings. The number of carbonyl (C=O) groups excluding carboxylic acids is 1. The lowest BCUT2D eigenvalue weighted by Crippen LogP contribution is -2.36. The number of amides is 2. The van der Waals surface area contributed by atoms with E-state index in [1.54, 1.807) is 25.9 Å². The third kappa shape index (κ3) is 5.62. The van der Waals surface area contributed by atoms with Crippen LogP contribution in [0.1, 0.15) is 20.3 Å². The Morgan fingerprint density at radius 2 is 2.33 bits per heavy atom. The molecule has 0 aliphatic carbocycles. The van der Waals surface area contributed by atoms with Crippen molar-refractivity contribution in [1.82, 2.24) is 15.5 Å². The van der Waals surface area contributed by atoms with Crippen LogP contribution in [-0.2, 0) is 0 Å². The van der Waals surface area contributed by atoms with Gasteiger partial charge in [-0.2, -0.15) is 0 Å². The van der Waals surface area contributed by atoms with E-state index in [9.17, 15) is 4.79 Å². The summed E-state index contributed by atoms with van der Waals surface area (Å²) in [5, 5.41) is 7.23. The third-order valence-electron chi connectivity index (χ3n) is 2.55. The summed E-state index contributed by atoms with van der Waals surface area (Å²) >= 11 is 1.77. The summed E-state index contributed by atoms with van der Waals surface area (Å²) in [7, 11) is 3.46. The zero-order chi connectivity index (χ0) is 13.5. The molecule has 1 aliphatic heterocycles. The summed E-state index contributed by atoms with van der Waals surface area (Å²) < 4.78 is 0. The highest BCUT2D eigenvalue weighted by Crippen LogP contribution is 2.18. The van der Waals surface area contributed by atoms with Crippen molar-refractivity contribution in [1.29, 1.82) is 0 Å². The number of nitrogens with one attached hydrogen (secondary N) is 2. The molecule has 6 heteroatoms. The first-order valence-electron chi connectivity index (χ1n) is 6.38. The monoisotopic (exact) mass is 272 g/mol. The molecule has 0 spiro atoms. The smallest absolute Gasteiger partial charge is 0.316 e. The van der Waals surface area contributed by atoms with Crippen LogP contribution < -0.4 is 10.6 Å². The quantitative estimate of drug-likeness (QED) is 0.743. The highest BCUT2D eigenvalue weighted by Gasteiger charge is 2.20. The molecule has 1 unspecified atom stereocenters. The summed E-state index contributed by atoms with van der Waals surface area (Å²) in [6, 6.07) is 0.477. The molecule has 1 saturated heterocycles. The fourth-order valence-corrected chi connectivity index (χ4v) is 2.71. The summed E-state index contributed by atoms with van der Waals surface area (Å²) in [6.45, 7) is 5.68. The fourth-order valence-electron chi connectivity index (χ4n) is 1.70. The highest BCUT2D eigenvalue weighted by molar-refractivity contribution is 8.14. The Morgan fingerprint density at radius 1 is 1.61 bits per heavy atom. The lowest BCUT2D eigenvalue weighted by molar-refractivity contribution is 0.218. The van der Waals surface area contributed by atoms with E-state index in [-0.39, 0.29) is 6.03 Å². The fraction of sp³-hybridized carbons (Fsp3) is 0.833. The number of nitrogens with zero attached hydrogens (tertiary/aromatic N) is 2. The third-order valence-corrected chi connectivity index (χ3v) is 3.64. The van der Waals surface area contributed by atoms with Gasteiger partial charge >= 0.3 is 6.03 Å². The van der Waals surface area contributed by atoms with Gasteiger partial charge in [0.1, 0.15) is 0 Å². The minimum absolute atomic E-state index is 0.0695. The van der Waals surface area contributed by atoms with Gasteiger partial charge in [0, 0.05) is 32.4 Å². The number of hydrogen-bond donors (Lipinski definition) is 2. The SMILES string of the molecule is CC(C)CC1CSC(=NCCNC(=O)N(C)C)N1. The van der Waals surface area contributed by atoms with E-state index in [1.807, 2.05) is 0 Å². The Kier molecular flexibility index (Phi) is 6.32.